The van der Waals surface area contributed by atoms with Gasteiger partial charge < -0.3 is 14.5 Å². The van der Waals surface area contributed by atoms with Crippen molar-refractivity contribution in [2.45, 2.75) is 6.92 Å². The summed E-state index contributed by atoms with van der Waals surface area (Å²) >= 11 is 0. The number of piperazine rings is 1. The summed E-state index contributed by atoms with van der Waals surface area (Å²) in [7, 11) is 0. The maximum absolute atomic E-state index is 12.5. The molecule has 0 radical (unpaired) electrons. The van der Waals surface area contributed by atoms with E-state index in [-0.39, 0.29) is 12.0 Å². The van der Waals surface area contributed by atoms with Crippen LogP contribution in [0, 0.1) is 0 Å². The number of amides is 2. The molecule has 126 valence electrons. The Balaban J connectivity index is 1.60. The molecule has 0 saturated carbocycles. The van der Waals surface area contributed by atoms with E-state index < -0.39 is 0 Å². The zero-order valence-electron chi connectivity index (χ0n) is 13.3. The summed E-state index contributed by atoms with van der Waals surface area (Å²) < 4.78 is 6.50. The molecule has 2 amide bonds. The second-order valence-corrected chi connectivity index (χ2v) is 5.28. The molecule has 1 aromatic heterocycles. The molecular formula is C15H18N6O3. The lowest BCUT2D eigenvalue weighted by Gasteiger charge is -2.34. The van der Waals surface area contributed by atoms with E-state index in [1.165, 1.54) is 11.0 Å². The predicted octanol–water partition coefficient (Wildman–Crippen LogP) is 0.577. The summed E-state index contributed by atoms with van der Waals surface area (Å²) in [6.07, 6.45) is 1.17. The number of ether oxygens (including phenoxy) is 1. The van der Waals surface area contributed by atoms with Crippen molar-refractivity contribution in [3.05, 3.63) is 36.2 Å². The van der Waals surface area contributed by atoms with Gasteiger partial charge in [-0.3, -0.25) is 4.79 Å². The molecule has 24 heavy (non-hydrogen) atoms. The quantitative estimate of drug-likeness (QED) is 0.817. The van der Waals surface area contributed by atoms with Gasteiger partial charge in [0.15, 0.2) is 0 Å². The summed E-state index contributed by atoms with van der Waals surface area (Å²) in [6, 6.07) is 7.07. The summed E-state index contributed by atoms with van der Waals surface area (Å²) in [5.41, 5.74) is 1.38. The second-order valence-electron chi connectivity index (χ2n) is 5.28. The third-order valence-corrected chi connectivity index (χ3v) is 3.82. The summed E-state index contributed by atoms with van der Waals surface area (Å²) in [5, 5.41) is 11.0. The first-order valence-corrected chi connectivity index (χ1v) is 7.73. The van der Waals surface area contributed by atoms with Crippen molar-refractivity contribution in [3.8, 4) is 5.69 Å². The number of carbonyl (C=O) groups is 2. The van der Waals surface area contributed by atoms with Gasteiger partial charge in [0.2, 0.25) is 0 Å². The number of benzene rings is 1. The highest BCUT2D eigenvalue weighted by Crippen LogP contribution is 2.12. The van der Waals surface area contributed by atoms with Crippen molar-refractivity contribution in [1.82, 2.24) is 30.0 Å². The van der Waals surface area contributed by atoms with E-state index in [1.807, 2.05) is 0 Å². The average molecular weight is 330 g/mol. The fraction of sp³-hybridized carbons (Fsp3) is 0.400. The highest BCUT2D eigenvalue weighted by atomic mass is 16.6. The van der Waals surface area contributed by atoms with E-state index in [2.05, 4.69) is 15.5 Å². The normalized spacial score (nSPS) is 14.5. The van der Waals surface area contributed by atoms with Crippen molar-refractivity contribution in [2.75, 3.05) is 32.8 Å². The van der Waals surface area contributed by atoms with Crippen LogP contribution in [0.4, 0.5) is 4.79 Å². The lowest BCUT2D eigenvalue weighted by atomic mass is 10.1. The SMILES string of the molecule is CCOC(=O)N1CCN(C(=O)c2ccc(-n3cnnn3)cc2)CC1. The van der Waals surface area contributed by atoms with E-state index in [9.17, 15) is 9.59 Å². The smallest absolute Gasteiger partial charge is 0.409 e. The van der Waals surface area contributed by atoms with Crippen molar-refractivity contribution >= 4 is 12.0 Å². The Morgan fingerprint density at radius 1 is 1.08 bits per heavy atom. The minimum Gasteiger partial charge on any atom is -0.450 e. The van der Waals surface area contributed by atoms with E-state index in [4.69, 9.17) is 4.74 Å². The number of hydrogen-bond donors (Lipinski definition) is 0. The molecule has 1 fully saturated rings. The number of tetrazole rings is 1. The van der Waals surface area contributed by atoms with Gasteiger partial charge in [-0.1, -0.05) is 0 Å². The minimum atomic E-state index is -0.324. The van der Waals surface area contributed by atoms with E-state index >= 15 is 0 Å². The van der Waals surface area contributed by atoms with Crippen LogP contribution in [0.2, 0.25) is 0 Å². The highest BCUT2D eigenvalue weighted by molar-refractivity contribution is 5.94. The topological polar surface area (TPSA) is 93.5 Å². The third-order valence-electron chi connectivity index (χ3n) is 3.82. The Morgan fingerprint density at radius 3 is 2.33 bits per heavy atom. The van der Waals surface area contributed by atoms with Crippen LogP contribution < -0.4 is 0 Å². The Kier molecular flexibility index (Phi) is 4.69. The fourth-order valence-electron chi connectivity index (χ4n) is 2.53. The van der Waals surface area contributed by atoms with Gasteiger partial charge in [0.25, 0.3) is 5.91 Å². The van der Waals surface area contributed by atoms with E-state index in [0.717, 1.165) is 5.69 Å². The van der Waals surface area contributed by atoms with Crippen LogP contribution in [-0.2, 0) is 4.74 Å². The third kappa shape index (κ3) is 3.34. The number of carbonyl (C=O) groups excluding carboxylic acids is 2. The van der Waals surface area contributed by atoms with Crippen molar-refractivity contribution in [3.63, 3.8) is 0 Å². The van der Waals surface area contributed by atoms with Gasteiger partial charge in [-0.05, 0) is 41.6 Å². The molecule has 0 bridgehead atoms. The molecule has 1 saturated heterocycles. The first kappa shape index (κ1) is 15.9. The van der Waals surface area contributed by atoms with Gasteiger partial charge in [-0.25, -0.2) is 9.48 Å². The maximum atomic E-state index is 12.5. The van der Waals surface area contributed by atoms with Crippen LogP contribution in [0.25, 0.3) is 5.69 Å². The zero-order chi connectivity index (χ0) is 16.9. The lowest BCUT2D eigenvalue weighted by molar-refractivity contribution is 0.0570. The second kappa shape index (κ2) is 7.07. The molecule has 9 heteroatoms. The standard InChI is InChI=1S/C15H18N6O3/c1-2-24-15(23)20-9-7-19(8-10-20)14(22)12-3-5-13(6-4-12)21-11-16-17-18-21/h3-6,11H,2,7-10H2,1H3. The lowest BCUT2D eigenvalue weighted by Crippen LogP contribution is -2.50. The van der Waals surface area contributed by atoms with Crippen LogP contribution in [0.15, 0.2) is 30.6 Å². The highest BCUT2D eigenvalue weighted by Gasteiger charge is 2.25. The zero-order valence-corrected chi connectivity index (χ0v) is 13.3. The number of hydrogen-bond acceptors (Lipinski definition) is 6. The molecule has 0 N–H and O–H groups in total. The van der Waals surface area contributed by atoms with E-state index in [0.29, 0.717) is 38.3 Å². The molecule has 0 aliphatic carbocycles. The fourth-order valence-corrected chi connectivity index (χ4v) is 2.53. The van der Waals surface area contributed by atoms with Gasteiger partial charge >= 0.3 is 6.09 Å². The molecule has 9 nitrogen and oxygen atoms in total. The molecule has 3 rings (SSSR count). The molecule has 2 aromatic rings. The Bertz CT molecular complexity index is 693. The molecule has 1 aliphatic rings. The predicted molar refractivity (Wildman–Crippen MR) is 83.7 cm³/mol. The molecule has 0 atom stereocenters. The van der Waals surface area contributed by atoms with E-state index in [1.54, 1.807) is 41.0 Å². The maximum Gasteiger partial charge on any atom is 0.409 e. The van der Waals surface area contributed by atoms with Gasteiger partial charge in [0.1, 0.15) is 6.33 Å². The number of nitrogens with zero attached hydrogens (tertiary/aromatic N) is 6. The summed E-state index contributed by atoms with van der Waals surface area (Å²) in [4.78, 5) is 27.6. The number of rotatable bonds is 3. The van der Waals surface area contributed by atoms with Gasteiger partial charge in [-0.2, -0.15) is 0 Å². The molecule has 0 spiro atoms. The number of aromatic nitrogens is 4. The minimum absolute atomic E-state index is 0.0539. The molecule has 1 aliphatic heterocycles. The Labute approximate surface area is 138 Å². The van der Waals surface area contributed by atoms with Gasteiger partial charge in [0, 0.05) is 31.7 Å². The first-order valence-electron chi connectivity index (χ1n) is 7.73. The first-order chi connectivity index (χ1) is 11.7. The van der Waals surface area contributed by atoms with Crippen molar-refractivity contribution in [1.29, 1.82) is 0 Å². The van der Waals surface area contributed by atoms with Crippen molar-refractivity contribution in [2.24, 2.45) is 0 Å². The molecule has 0 unspecified atom stereocenters. The Morgan fingerprint density at radius 2 is 1.75 bits per heavy atom. The Hall–Kier alpha value is -2.97. The molecule has 1 aromatic carbocycles. The average Bonchev–Trinajstić information content (AvgIpc) is 3.16. The molecule has 2 heterocycles. The van der Waals surface area contributed by atoms with Gasteiger partial charge in [0.05, 0.1) is 12.3 Å². The largest absolute Gasteiger partial charge is 0.450 e. The van der Waals surface area contributed by atoms with Crippen LogP contribution in [-0.4, -0.2) is 74.8 Å². The summed E-state index contributed by atoms with van der Waals surface area (Å²) in [6.45, 7) is 4.07. The van der Waals surface area contributed by atoms with Crippen molar-refractivity contribution < 1.29 is 14.3 Å². The van der Waals surface area contributed by atoms with Crippen LogP contribution in [0.5, 0.6) is 0 Å². The van der Waals surface area contributed by atoms with Crippen LogP contribution in [0.1, 0.15) is 17.3 Å². The van der Waals surface area contributed by atoms with Gasteiger partial charge in [-0.15, -0.1) is 5.10 Å². The molecular weight excluding hydrogens is 312 g/mol. The monoisotopic (exact) mass is 330 g/mol. The summed E-state index contributed by atoms with van der Waals surface area (Å²) in [5.74, 6) is -0.0539. The van der Waals surface area contributed by atoms with Crippen LogP contribution in [0.3, 0.4) is 0 Å². The van der Waals surface area contributed by atoms with Crippen LogP contribution >= 0.6 is 0 Å².